The number of carbonyl (C=O) groups excluding carboxylic acids is 3. The topological polar surface area (TPSA) is 165 Å². The Bertz CT molecular complexity index is 1450. The highest BCUT2D eigenvalue weighted by Crippen LogP contribution is 2.53. The summed E-state index contributed by atoms with van der Waals surface area (Å²) in [6, 6.07) is 0.750. The summed E-state index contributed by atoms with van der Waals surface area (Å²) in [5, 5.41) is 45.5. The predicted molar refractivity (Wildman–Crippen MR) is 148 cm³/mol. The molecule has 3 aliphatic rings. The molecule has 1 amide bonds. The SMILES string of the molecule is CN(C)CC#Cc1cc(C(C)(C)C)c(O)c2c1C[C@@H]1C[C@@H]3C(N(C)C)C(O)=C(C(N)=O)C(=O)[C@]3(O)C(O)=C1C2=O. The molecule has 0 fully saturated rings. The number of nitrogens with zero attached hydrogens (tertiary/aromatic N) is 2. The van der Waals surface area contributed by atoms with Gasteiger partial charge in [-0.25, -0.2) is 0 Å². The van der Waals surface area contributed by atoms with E-state index in [4.69, 9.17) is 5.73 Å². The number of phenolic OH excluding ortho intramolecular Hbond substituents is 1. The summed E-state index contributed by atoms with van der Waals surface area (Å²) in [6.07, 6.45) is 0.219. The van der Waals surface area contributed by atoms with Crippen LogP contribution in [0.3, 0.4) is 0 Å². The quantitative estimate of drug-likeness (QED) is 0.275. The predicted octanol–water partition coefficient (Wildman–Crippen LogP) is 1.33. The number of benzene rings is 1. The van der Waals surface area contributed by atoms with Crippen LogP contribution in [0.4, 0.5) is 0 Å². The van der Waals surface area contributed by atoms with Crippen LogP contribution in [0, 0.1) is 23.7 Å². The molecule has 0 aromatic heterocycles. The van der Waals surface area contributed by atoms with Crippen LogP contribution >= 0.6 is 0 Å². The Morgan fingerprint density at radius 2 is 1.77 bits per heavy atom. The lowest BCUT2D eigenvalue weighted by molar-refractivity contribution is -0.148. The molecule has 6 N–H and O–H groups in total. The number of aliphatic hydroxyl groups excluding tert-OH is 2. The van der Waals surface area contributed by atoms with Crippen molar-refractivity contribution < 1.29 is 34.8 Å². The standard InChI is InChI=1S/C30H37N3O7/c1-29(2,3)18-12-14(9-8-10-32(4)5)16-11-15-13-17-22(33(6)7)25(36)21(28(31)39)27(38)30(17,40)26(37)19(15)24(35)20(16)23(18)34/h12,15,17,22,34,36-37,40H,10-11,13H2,1-7H3,(H2,31,39)/t15-,17-,22?,30-/m1/s1. The van der Waals surface area contributed by atoms with Crippen molar-refractivity contribution in [3.05, 3.63) is 51.0 Å². The number of allylic oxidation sites excluding steroid dienone is 1. The highest BCUT2D eigenvalue weighted by molar-refractivity contribution is 6.24. The number of aliphatic hydroxyl groups is 3. The molecule has 0 spiro atoms. The number of Topliss-reactive ketones (excluding diaryl/α,β-unsaturated/α-hetero) is 2. The van der Waals surface area contributed by atoms with E-state index in [1.807, 2.05) is 39.8 Å². The van der Waals surface area contributed by atoms with Gasteiger partial charge in [0.15, 0.2) is 11.4 Å². The van der Waals surface area contributed by atoms with Gasteiger partial charge in [0.05, 0.1) is 18.2 Å². The number of hydrogen-bond donors (Lipinski definition) is 5. The maximum Gasteiger partial charge on any atom is 0.255 e. The van der Waals surface area contributed by atoms with E-state index in [-0.39, 0.29) is 29.7 Å². The largest absolute Gasteiger partial charge is 0.510 e. The number of aromatic hydroxyl groups is 1. The highest BCUT2D eigenvalue weighted by Gasteiger charge is 2.63. The molecule has 1 unspecified atom stereocenters. The molecule has 214 valence electrons. The fourth-order valence-corrected chi connectivity index (χ4v) is 6.29. The third-order valence-corrected chi connectivity index (χ3v) is 8.15. The van der Waals surface area contributed by atoms with E-state index < -0.39 is 63.5 Å². The van der Waals surface area contributed by atoms with E-state index in [1.165, 1.54) is 4.90 Å². The van der Waals surface area contributed by atoms with Crippen LogP contribution in [-0.2, 0) is 21.4 Å². The van der Waals surface area contributed by atoms with Crippen LogP contribution in [0.15, 0.2) is 28.7 Å². The lowest BCUT2D eigenvalue weighted by atomic mass is 9.58. The molecule has 1 aromatic rings. The Morgan fingerprint density at radius 3 is 2.30 bits per heavy atom. The van der Waals surface area contributed by atoms with E-state index >= 15 is 0 Å². The fourth-order valence-electron chi connectivity index (χ4n) is 6.29. The van der Waals surface area contributed by atoms with Crippen molar-refractivity contribution in [2.24, 2.45) is 17.6 Å². The lowest BCUT2D eigenvalue weighted by Crippen LogP contribution is -2.63. The Kier molecular flexibility index (Phi) is 7.16. The monoisotopic (exact) mass is 551 g/mol. The number of hydrogen-bond acceptors (Lipinski definition) is 9. The van der Waals surface area contributed by atoms with E-state index in [0.717, 1.165) is 0 Å². The fraction of sp³-hybridized carbons (Fsp3) is 0.500. The highest BCUT2D eigenvalue weighted by atomic mass is 16.3. The summed E-state index contributed by atoms with van der Waals surface area (Å²) < 4.78 is 0. The first-order valence-electron chi connectivity index (χ1n) is 13.1. The van der Waals surface area contributed by atoms with Gasteiger partial charge in [-0.1, -0.05) is 32.6 Å². The summed E-state index contributed by atoms with van der Waals surface area (Å²) in [5.74, 6) is -0.442. The van der Waals surface area contributed by atoms with Crippen molar-refractivity contribution in [2.75, 3.05) is 34.7 Å². The van der Waals surface area contributed by atoms with E-state index in [9.17, 15) is 34.8 Å². The minimum Gasteiger partial charge on any atom is -0.510 e. The lowest BCUT2D eigenvalue weighted by Gasteiger charge is -2.50. The van der Waals surface area contributed by atoms with Crippen molar-refractivity contribution >= 4 is 17.5 Å². The van der Waals surface area contributed by atoms with Crippen LogP contribution in [-0.4, -0.2) is 94.1 Å². The molecule has 0 heterocycles. The number of nitrogens with two attached hydrogens (primary N) is 1. The number of fused-ring (bicyclic) bond motifs is 3. The van der Waals surface area contributed by atoms with Gasteiger partial charge in [-0.15, -0.1) is 0 Å². The Balaban J connectivity index is 1.99. The van der Waals surface area contributed by atoms with Crippen molar-refractivity contribution in [2.45, 2.75) is 50.7 Å². The first-order valence-corrected chi connectivity index (χ1v) is 13.1. The number of phenols is 1. The number of rotatable bonds is 3. The Hall–Kier alpha value is -3.65. The Labute approximate surface area is 233 Å². The maximum atomic E-state index is 14.1. The minimum atomic E-state index is -2.67. The molecular weight excluding hydrogens is 514 g/mol. The van der Waals surface area contributed by atoms with Crippen LogP contribution in [0.25, 0.3) is 0 Å². The van der Waals surface area contributed by atoms with Gasteiger partial charge in [0, 0.05) is 22.6 Å². The zero-order valence-electron chi connectivity index (χ0n) is 23.9. The van der Waals surface area contributed by atoms with Crippen molar-refractivity contribution in [1.82, 2.24) is 9.80 Å². The molecule has 4 atom stereocenters. The first-order chi connectivity index (χ1) is 18.4. The van der Waals surface area contributed by atoms with Crippen LogP contribution in [0.5, 0.6) is 5.75 Å². The number of carbonyl (C=O) groups is 3. The van der Waals surface area contributed by atoms with E-state index in [0.29, 0.717) is 23.2 Å². The Morgan fingerprint density at radius 1 is 1.15 bits per heavy atom. The normalized spacial score (nSPS) is 26.4. The third-order valence-electron chi connectivity index (χ3n) is 8.15. The molecule has 10 heteroatoms. The van der Waals surface area contributed by atoms with Crippen molar-refractivity contribution in [3.8, 4) is 17.6 Å². The maximum absolute atomic E-state index is 14.1. The second-order valence-electron chi connectivity index (χ2n) is 12.4. The molecule has 0 radical (unpaired) electrons. The minimum absolute atomic E-state index is 0.0256. The van der Waals surface area contributed by atoms with Crippen LogP contribution in [0.1, 0.15) is 54.2 Å². The number of amides is 1. The van der Waals surface area contributed by atoms with Gasteiger partial charge in [-0.05, 0) is 64.0 Å². The summed E-state index contributed by atoms with van der Waals surface area (Å²) >= 11 is 0. The molecule has 10 nitrogen and oxygen atoms in total. The molecule has 1 aromatic carbocycles. The van der Waals surface area contributed by atoms with Gasteiger partial charge < -0.3 is 26.2 Å². The molecule has 0 saturated carbocycles. The van der Waals surface area contributed by atoms with Gasteiger partial charge in [0.2, 0.25) is 5.78 Å². The van der Waals surface area contributed by atoms with Crippen molar-refractivity contribution in [3.63, 3.8) is 0 Å². The van der Waals surface area contributed by atoms with Gasteiger partial charge in [0.25, 0.3) is 5.91 Å². The summed E-state index contributed by atoms with van der Waals surface area (Å²) in [4.78, 5) is 43.1. The van der Waals surface area contributed by atoms with Crippen LogP contribution < -0.4 is 5.73 Å². The smallest absolute Gasteiger partial charge is 0.255 e. The van der Waals surface area contributed by atoms with E-state index in [1.54, 1.807) is 20.2 Å². The number of likely N-dealkylation sites (N-methyl/N-ethyl adjacent to an activating group) is 1. The average molecular weight is 552 g/mol. The van der Waals surface area contributed by atoms with Gasteiger partial charge in [-0.3, -0.25) is 24.2 Å². The zero-order valence-corrected chi connectivity index (χ0v) is 23.9. The van der Waals surface area contributed by atoms with Gasteiger partial charge >= 0.3 is 0 Å². The summed E-state index contributed by atoms with van der Waals surface area (Å²) in [5.41, 5.74) is 2.71. The van der Waals surface area contributed by atoms with Crippen LogP contribution in [0.2, 0.25) is 0 Å². The second-order valence-corrected chi connectivity index (χ2v) is 12.4. The molecule has 4 rings (SSSR count). The third kappa shape index (κ3) is 4.29. The summed E-state index contributed by atoms with van der Waals surface area (Å²) in [7, 11) is 6.96. The zero-order chi connectivity index (χ0) is 30.1. The van der Waals surface area contributed by atoms with Gasteiger partial charge in [-0.2, -0.15) is 0 Å². The van der Waals surface area contributed by atoms with E-state index in [2.05, 4.69) is 11.8 Å². The number of primary amides is 1. The molecule has 0 bridgehead atoms. The van der Waals surface area contributed by atoms with Gasteiger partial charge in [0.1, 0.15) is 22.8 Å². The molecule has 40 heavy (non-hydrogen) atoms. The molecule has 0 saturated heterocycles. The molecular formula is C30H37N3O7. The van der Waals surface area contributed by atoms with Crippen molar-refractivity contribution in [1.29, 1.82) is 0 Å². The average Bonchev–Trinajstić information content (AvgIpc) is 2.81. The summed E-state index contributed by atoms with van der Waals surface area (Å²) in [6.45, 7) is 6.13. The second kappa shape index (κ2) is 9.77. The molecule has 0 aliphatic heterocycles. The first kappa shape index (κ1) is 29.3. The molecule has 3 aliphatic carbocycles. The number of ketones is 2.